The molecule has 34 heavy (non-hydrogen) atoms. The van der Waals surface area contributed by atoms with Crippen molar-refractivity contribution in [3.63, 3.8) is 0 Å². The molecule has 180 valence electrons. The SMILES string of the molecule is Cc1c(-c2ccc(F)cc2)c(C(=O)N2CCOC(C)(C)C2)n(Cc2ccccc2)c1C(F)(F)F. The number of hydrogen-bond acceptors (Lipinski definition) is 2. The Morgan fingerprint density at radius 1 is 1.06 bits per heavy atom. The molecule has 3 aromatic rings. The minimum atomic E-state index is -4.70. The zero-order chi connectivity index (χ0) is 24.7. The summed E-state index contributed by atoms with van der Waals surface area (Å²) in [6.45, 7) is 5.70. The lowest BCUT2D eigenvalue weighted by Crippen LogP contribution is -2.51. The summed E-state index contributed by atoms with van der Waals surface area (Å²) in [7, 11) is 0. The van der Waals surface area contributed by atoms with E-state index in [2.05, 4.69) is 0 Å². The fourth-order valence-electron chi connectivity index (χ4n) is 4.57. The first-order valence-electron chi connectivity index (χ1n) is 11.0. The number of aromatic nitrogens is 1. The molecule has 0 spiro atoms. The van der Waals surface area contributed by atoms with Crippen LogP contribution >= 0.6 is 0 Å². The zero-order valence-corrected chi connectivity index (χ0v) is 19.2. The Labute approximate surface area is 195 Å². The number of halogens is 4. The molecule has 4 nitrogen and oxygen atoms in total. The Bertz CT molecular complexity index is 1180. The second-order valence-electron chi connectivity index (χ2n) is 9.11. The average Bonchev–Trinajstić information content (AvgIpc) is 3.05. The van der Waals surface area contributed by atoms with E-state index in [9.17, 15) is 22.4 Å². The summed E-state index contributed by atoms with van der Waals surface area (Å²) >= 11 is 0. The summed E-state index contributed by atoms with van der Waals surface area (Å²) in [5.74, 6) is -1.02. The van der Waals surface area contributed by atoms with Gasteiger partial charge in [-0.05, 0) is 49.6 Å². The maximum atomic E-state index is 14.4. The van der Waals surface area contributed by atoms with Crippen LogP contribution in [0, 0.1) is 12.7 Å². The van der Waals surface area contributed by atoms with E-state index in [0.717, 1.165) is 4.57 Å². The Balaban J connectivity index is 1.97. The quantitative estimate of drug-likeness (QED) is 0.440. The largest absolute Gasteiger partial charge is 0.431 e. The molecule has 8 heteroatoms. The van der Waals surface area contributed by atoms with E-state index in [1.165, 1.54) is 36.1 Å². The second-order valence-corrected chi connectivity index (χ2v) is 9.11. The molecule has 0 bridgehead atoms. The fourth-order valence-corrected chi connectivity index (χ4v) is 4.57. The van der Waals surface area contributed by atoms with Crippen LogP contribution in [0.3, 0.4) is 0 Å². The van der Waals surface area contributed by atoms with Gasteiger partial charge >= 0.3 is 6.18 Å². The molecule has 0 aliphatic carbocycles. The third-order valence-electron chi connectivity index (χ3n) is 6.01. The molecule has 1 aromatic heterocycles. The van der Waals surface area contributed by atoms with E-state index in [4.69, 9.17) is 4.74 Å². The number of nitrogens with zero attached hydrogens (tertiary/aromatic N) is 2. The number of rotatable bonds is 4. The molecule has 1 fully saturated rings. The van der Waals surface area contributed by atoms with Gasteiger partial charge in [-0.15, -0.1) is 0 Å². The number of carbonyl (C=O) groups excluding carboxylic acids is 1. The smallest absolute Gasteiger partial charge is 0.372 e. The highest BCUT2D eigenvalue weighted by Crippen LogP contribution is 2.42. The van der Waals surface area contributed by atoms with Crippen LogP contribution in [-0.4, -0.2) is 40.7 Å². The van der Waals surface area contributed by atoms with Crippen molar-refractivity contribution in [1.82, 2.24) is 9.47 Å². The summed E-state index contributed by atoms with van der Waals surface area (Å²) in [6.07, 6.45) is -4.70. The molecule has 0 saturated carbocycles. The van der Waals surface area contributed by atoms with Crippen molar-refractivity contribution in [3.05, 3.63) is 82.9 Å². The van der Waals surface area contributed by atoms with Gasteiger partial charge in [0.1, 0.15) is 17.2 Å². The van der Waals surface area contributed by atoms with Crippen molar-refractivity contribution in [3.8, 4) is 11.1 Å². The Morgan fingerprint density at radius 3 is 2.29 bits per heavy atom. The van der Waals surface area contributed by atoms with Crippen molar-refractivity contribution in [2.75, 3.05) is 19.7 Å². The molecule has 0 N–H and O–H groups in total. The molecule has 0 unspecified atom stereocenters. The highest BCUT2D eigenvalue weighted by molar-refractivity contribution is 6.01. The van der Waals surface area contributed by atoms with Gasteiger partial charge in [0.05, 0.1) is 12.2 Å². The summed E-state index contributed by atoms with van der Waals surface area (Å²) in [5.41, 5.74) is -0.479. The van der Waals surface area contributed by atoms with E-state index in [1.807, 2.05) is 13.8 Å². The van der Waals surface area contributed by atoms with Crippen LogP contribution in [0.5, 0.6) is 0 Å². The Hall–Kier alpha value is -3.13. The van der Waals surface area contributed by atoms with Crippen molar-refractivity contribution < 1.29 is 27.1 Å². The van der Waals surface area contributed by atoms with Crippen molar-refractivity contribution in [2.24, 2.45) is 0 Å². The first kappa shape index (κ1) is 24.0. The molecule has 4 rings (SSSR count). The molecule has 0 atom stereocenters. The Kier molecular flexibility index (Phi) is 6.29. The lowest BCUT2D eigenvalue weighted by Gasteiger charge is -2.38. The molecule has 1 aliphatic heterocycles. The summed E-state index contributed by atoms with van der Waals surface area (Å²) < 4.78 is 63.5. The normalized spacial score (nSPS) is 16.0. The molecule has 0 radical (unpaired) electrons. The number of ether oxygens (including phenoxy) is 1. The van der Waals surface area contributed by atoms with Gasteiger partial charge in [-0.1, -0.05) is 42.5 Å². The van der Waals surface area contributed by atoms with Gasteiger partial charge in [0.15, 0.2) is 0 Å². The molecule has 2 aromatic carbocycles. The topological polar surface area (TPSA) is 34.5 Å². The van der Waals surface area contributed by atoms with E-state index in [-0.39, 0.29) is 43.1 Å². The van der Waals surface area contributed by atoms with Gasteiger partial charge in [-0.2, -0.15) is 13.2 Å². The van der Waals surface area contributed by atoms with Gasteiger partial charge in [0.2, 0.25) is 0 Å². The van der Waals surface area contributed by atoms with Gasteiger partial charge < -0.3 is 14.2 Å². The number of carbonyl (C=O) groups is 1. The zero-order valence-electron chi connectivity index (χ0n) is 19.2. The van der Waals surface area contributed by atoms with Gasteiger partial charge in [-0.25, -0.2) is 4.39 Å². The van der Waals surface area contributed by atoms with E-state index >= 15 is 0 Å². The lowest BCUT2D eigenvalue weighted by atomic mass is 9.99. The van der Waals surface area contributed by atoms with Crippen LogP contribution in [0.2, 0.25) is 0 Å². The van der Waals surface area contributed by atoms with E-state index < -0.39 is 29.2 Å². The van der Waals surface area contributed by atoms with Crippen molar-refractivity contribution >= 4 is 5.91 Å². The molecular weight excluding hydrogens is 448 g/mol. The molecule has 1 amide bonds. The van der Waals surface area contributed by atoms with Crippen LogP contribution in [0.1, 0.15) is 41.2 Å². The third-order valence-corrected chi connectivity index (χ3v) is 6.01. The Morgan fingerprint density at radius 2 is 1.71 bits per heavy atom. The maximum Gasteiger partial charge on any atom is 0.431 e. The first-order chi connectivity index (χ1) is 16.0. The lowest BCUT2D eigenvalue weighted by molar-refractivity contribution is -0.143. The second kappa shape index (κ2) is 8.91. The number of hydrogen-bond donors (Lipinski definition) is 0. The summed E-state index contributed by atoms with van der Waals surface area (Å²) in [4.78, 5) is 15.4. The molecule has 1 aliphatic rings. The first-order valence-corrected chi connectivity index (χ1v) is 11.0. The van der Waals surface area contributed by atoms with Crippen LogP contribution in [0.15, 0.2) is 54.6 Å². The minimum Gasteiger partial charge on any atom is -0.372 e. The van der Waals surface area contributed by atoms with Crippen LogP contribution in [0.4, 0.5) is 17.6 Å². The number of alkyl halides is 3. The summed E-state index contributed by atoms with van der Waals surface area (Å²) in [5, 5.41) is 0. The molecule has 1 saturated heterocycles. The fraction of sp³-hybridized carbons (Fsp3) is 0.346. The van der Waals surface area contributed by atoms with Crippen LogP contribution < -0.4 is 0 Å². The van der Waals surface area contributed by atoms with Gasteiger partial charge in [0.25, 0.3) is 5.91 Å². The molecule has 2 heterocycles. The van der Waals surface area contributed by atoms with Crippen LogP contribution in [0.25, 0.3) is 11.1 Å². The molecular formula is C26H26F4N2O2. The predicted octanol–water partition coefficient (Wildman–Crippen LogP) is 5.92. The van der Waals surface area contributed by atoms with E-state index in [1.54, 1.807) is 30.3 Å². The van der Waals surface area contributed by atoms with Crippen molar-refractivity contribution in [1.29, 1.82) is 0 Å². The monoisotopic (exact) mass is 474 g/mol. The number of benzene rings is 2. The predicted molar refractivity (Wildman–Crippen MR) is 121 cm³/mol. The standard InChI is InChI=1S/C26H26F4N2O2/c1-17-21(19-9-11-20(27)12-10-19)22(24(33)31-13-14-34-25(2,3)16-31)32(23(17)26(28,29)30)15-18-7-5-4-6-8-18/h4-12H,13-16H2,1-3H3. The van der Waals surface area contributed by atoms with Gasteiger partial charge in [0, 0.05) is 25.2 Å². The minimum absolute atomic E-state index is 0.0574. The average molecular weight is 474 g/mol. The highest BCUT2D eigenvalue weighted by Gasteiger charge is 2.42. The highest BCUT2D eigenvalue weighted by atomic mass is 19.4. The number of amides is 1. The van der Waals surface area contributed by atoms with Crippen molar-refractivity contribution in [2.45, 2.75) is 39.1 Å². The maximum absolute atomic E-state index is 14.4. The van der Waals surface area contributed by atoms with E-state index in [0.29, 0.717) is 11.1 Å². The van der Waals surface area contributed by atoms with Crippen LogP contribution in [-0.2, 0) is 17.5 Å². The number of morpholine rings is 1. The third kappa shape index (κ3) is 4.73. The van der Waals surface area contributed by atoms with Gasteiger partial charge in [-0.3, -0.25) is 4.79 Å². The summed E-state index contributed by atoms with van der Waals surface area (Å²) in [6, 6.07) is 13.9.